The molecular formula is C21H26N2O. The summed E-state index contributed by atoms with van der Waals surface area (Å²) in [6, 6.07) is 19.0. The molecular weight excluding hydrogens is 296 g/mol. The molecule has 24 heavy (non-hydrogen) atoms. The van der Waals surface area contributed by atoms with Gasteiger partial charge >= 0.3 is 0 Å². The third kappa shape index (κ3) is 3.85. The molecule has 0 bridgehead atoms. The highest BCUT2D eigenvalue weighted by atomic mass is 16.2. The van der Waals surface area contributed by atoms with E-state index in [1.165, 1.54) is 16.7 Å². The second-order valence-corrected chi connectivity index (χ2v) is 6.83. The number of carbonyl (C=O) groups is 1. The van der Waals surface area contributed by atoms with Crippen LogP contribution in [0, 0.1) is 5.92 Å². The Bertz CT molecular complexity index is 675. The first kappa shape index (κ1) is 16.7. The molecule has 2 aromatic carbocycles. The molecule has 0 spiro atoms. The van der Waals surface area contributed by atoms with Gasteiger partial charge in [0.1, 0.15) is 0 Å². The average molecular weight is 322 g/mol. The Morgan fingerprint density at radius 1 is 1.00 bits per heavy atom. The first-order valence-corrected chi connectivity index (χ1v) is 8.79. The molecule has 0 aliphatic heterocycles. The molecule has 0 unspecified atom stereocenters. The summed E-state index contributed by atoms with van der Waals surface area (Å²) in [5.41, 5.74) is 9.53. The van der Waals surface area contributed by atoms with Crippen LogP contribution >= 0.6 is 0 Å². The SMILES string of the molecule is CN(Cc1ccccc1-c1ccccc1)C(=O)C1CCC(N)CC1. The normalized spacial score (nSPS) is 20.6. The van der Waals surface area contributed by atoms with Crippen molar-refractivity contribution >= 4 is 5.91 Å². The van der Waals surface area contributed by atoms with Gasteiger partial charge in [0.15, 0.2) is 0 Å². The molecule has 0 atom stereocenters. The molecule has 3 rings (SSSR count). The van der Waals surface area contributed by atoms with E-state index in [0.29, 0.717) is 6.54 Å². The molecule has 0 heterocycles. The molecule has 1 saturated carbocycles. The molecule has 0 saturated heterocycles. The first-order chi connectivity index (χ1) is 11.6. The van der Waals surface area contributed by atoms with Crippen molar-refractivity contribution in [3.8, 4) is 11.1 Å². The molecule has 1 fully saturated rings. The van der Waals surface area contributed by atoms with E-state index in [2.05, 4.69) is 30.3 Å². The highest BCUT2D eigenvalue weighted by molar-refractivity contribution is 5.79. The van der Waals surface area contributed by atoms with Gasteiger partial charge in [0.05, 0.1) is 0 Å². The van der Waals surface area contributed by atoms with E-state index in [1.807, 2.05) is 36.2 Å². The van der Waals surface area contributed by atoms with Crippen LogP contribution in [0.1, 0.15) is 31.2 Å². The summed E-state index contributed by atoms with van der Waals surface area (Å²) in [5.74, 6) is 0.392. The molecule has 0 aromatic heterocycles. The Labute approximate surface area is 144 Å². The van der Waals surface area contributed by atoms with E-state index in [1.54, 1.807) is 0 Å². The molecule has 3 heteroatoms. The Hall–Kier alpha value is -2.13. The van der Waals surface area contributed by atoms with Crippen LogP contribution in [0.3, 0.4) is 0 Å². The Kier molecular flexibility index (Phi) is 5.31. The number of amides is 1. The molecule has 1 amide bonds. The quantitative estimate of drug-likeness (QED) is 0.930. The second-order valence-electron chi connectivity index (χ2n) is 6.83. The van der Waals surface area contributed by atoms with E-state index in [0.717, 1.165) is 25.7 Å². The molecule has 2 aromatic rings. The summed E-state index contributed by atoms with van der Waals surface area (Å²) in [7, 11) is 1.92. The Morgan fingerprint density at radius 2 is 1.62 bits per heavy atom. The number of rotatable bonds is 4. The van der Waals surface area contributed by atoms with Crippen molar-refractivity contribution in [2.75, 3.05) is 7.05 Å². The van der Waals surface area contributed by atoms with Gasteiger partial charge in [0, 0.05) is 25.6 Å². The summed E-state index contributed by atoms with van der Waals surface area (Å²) in [4.78, 5) is 14.6. The number of benzene rings is 2. The van der Waals surface area contributed by atoms with Gasteiger partial charge in [-0.1, -0.05) is 54.6 Å². The van der Waals surface area contributed by atoms with Gasteiger partial charge in [-0.05, 0) is 42.4 Å². The topological polar surface area (TPSA) is 46.3 Å². The average Bonchev–Trinajstić information content (AvgIpc) is 2.63. The van der Waals surface area contributed by atoms with E-state index >= 15 is 0 Å². The number of hydrogen-bond acceptors (Lipinski definition) is 2. The fourth-order valence-corrected chi connectivity index (χ4v) is 3.57. The van der Waals surface area contributed by atoms with Gasteiger partial charge in [0.2, 0.25) is 5.91 Å². The third-order valence-electron chi connectivity index (χ3n) is 5.01. The molecule has 3 nitrogen and oxygen atoms in total. The Balaban J connectivity index is 1.73. The minimum atomic E-state index is 0.138. The van der Waals surface area contributed by atoms with Crippen LogP contribution in [-0.4, -0.2) is 23.9 Å². The summed E-state index contributed by atoms with van der Waals surface area (Å²) >= 11 is 0. The lowest BCUT2D eigenvalue weighted by atomic mass is 9.85. The van der Waals surface area contributed by atoms with E-state index in [4.69, 9.17) is 5.73 Å². The summed E-state index contributed by atoms with van der Waals surface area (Å²) in [6.45, 7) is 0.645. The smallest absolute Gasteiger partial charge is 0.225 e. The van der Waals surface area contributed by atoms with Crippen molar-refractivity contribution in [1.82, 2.24) is 4.90 Å². The van der Waals surface area contributed by atoms with Crippen LogP contribution in [0.4, 0.5) is 0 Å². The van der Waals surface area contributed by atoms with Crippen molar-refractivity contribution in [3.63, 3.8) is 0 Å². The lowest BCUT2D eigenvalue weighted by molar-refractivity contribution is -0.135. The molecule has 2 N–H and O–H groups in total. The fraction of sp³-hybridized carbons (Fsp3) is 0.381. The standard InChI is InChI=1S/C21H26N2O/c1-23(21(24)17-11-13-19(22)14-12-17)15-18-9-5-6-10-20(18)16-7-3-2-4-8-16/h2-10,17,19H,11-15,22H2,1H3. The minimum absolute atomic E-state index is 0.138. The third-order valence-corrected chi connectivity index (χ3v) is 5.01. The molecule has 0 radical (unpaired) electrons. The summed E-state index contributed by atoms with van der Waals surface area (Å²) < 4.78 is 0. The number of nitrogens with two attached hydrogens (primary N) is 1. The van der Waals surface area contributed by atoms with Crippen LogP contribution in [0.25, 0.3) is 11.1 Å². The van der Waals surface area contributed by atoms with Crippen LogP contribution in [0.15, 0.2) is 54.6 Å². The van der Waals surface area contributed by atoms with Crippen molar-refractivity contribution in [3.05, 3.63) is 60.2 Å². The van der Waals surface area contributed by atoms with Crippen LogP contribution < -0.4 is 5.73 Å². The predicted molar refractivity (Wildman–Crippen MR) is 98.3 cm³/mol. The molecule has 1 aliphatic rings. The maximum Gasteiger partial charge on any atom is 0.225 e. The summed E-state index contributed by atoms with van der Waals surface area (Å²) in [6.07, 6.45) is 3.77. The van der Waals surface area contributed by atoms with Gasteiger partial charge in [-0.2, -0.15) is 0 Å². The highest BCUT2D eigenvalue weighted by Gasteiger charge is 2.27. The van der Waals surface area contributed by atoms with Crippen LogP contribution in [0.5, 0.6) is 0 Å². The number of hydrogen-bond donors (Lipinski definition) is 1. The lowest BCUT2D eigenvalue weighted by Gasteiger charge is -2.29. The van der Waals surface area contributed by atoms with E-state index in [-0.39, 0.29) is 17.9 Å². The Morgan fingerprint density at radius 3 is 2.33 bits per heavy atom. The van der Waals surface area contributed by atoms with E-state index in [9.17, 15) is 4.79 Å². The molecule has 126 valence electrons. The van der Waals surface area contributed by atoms with Crippen molar-refractivity contribution < 1.29 is 4.79 Å². The first-order valence-electron chi connectivity index (χ1n) is 8.79. The van der Waals surface area contributed by atoms with Gasteiger partial charge in [-0.15, -0.1) is 0 Å². The van der Waals surface area contributed by atoms with Crippen LogP contribution in [0.2, 0.25) is 0 Å². The lowest BCUT2D eigenvalue weighted by Crippen LogP contribution is -2.37. The number of carbonyl (C=O) groups excluding carboxylic acids is 1. The zero-order valence-electron chi connectivity index (χ0n) is 14.3. The highest BCUT2D eigenvalue weighted by Crippen LogP contribution is 2.27. The monoisotopic (exact) mass is 322 g/mol. The maximum atomic E-state index is 12.7. The number of nitrogens with zero attached hydrogens (tertiary/aromatic N) is 1. The summed E-state index contributed by atoms with van der Waals surface area (Å²) in [5, 5.41) is 0. The minimum Gasteiger partial charge on any atom is -0.341 e. The largest absolute Gasteiger partial charge is 0.341 e. The van der Waals surface area contributed by atoms with Gasteiger partial charge in [-0.3, -0.25) is 4.79 Å². The van der Waals surface area contributed by atoms with Gasteiger partial charge in [0.25, 0.3) is 0 Å². The van der Waals surface area contributed by atoms with Crippen LogP contribution in [-0.2, 0) is 11.3 Å². The van der Waals surface area contributed by atoms with Crippen molar-refractivity contribution in [2.24, 2.45) is 11.7 Å². The van der Waals surface area contributed by atoms with Crippen molar-refractivity contribution in [1.29, 1.82) is 0 Å². The zero-order chi connectivity index (χ0) is 16.9. The molecule has 1 aliphatic carbocycles. The fourth-order valence-electron chi connectivity index (χ4n) is 3.57. The predicted octanol–water partition coefficient (Wildman–Crippen LogP) is 3.83. The van der Waals surface area contributed by atoms with Crippen molar-refractivity contribution in [2.45, 2.75) is 38.3 Å². The second kappa shape index (κ2) is 7.63. The maximum absolute atomic E-state index is 12.7. The van der Waals surface area contributed by atoms with Gasteiger partial charge in [-0.25, -0.2) is 0 Å². The van der Waals surface area contributed by atoms with Gasteiger partial charge < -0.3 is 10.6 Å². The zero-order valence-corrected chi connectivity index (χ0v) is 14.3. The van der Waals surface area contributed by atoms with E-state index < -0.39 is 0 Å².